The van der Waals surface area contributed by atoms with Crippen LogP contribution in [0.15, 0.2) is 94.4 Å². The van der Waals surface area contributed by atoms with Crippen molar-refractivity contribution in [2.24, 2.45) is 21.7 Å². The average molecular weight is 713 g/mol. The number of aryl methyl sites for hydroxylation is 4. The first-order valence-corrected chi connectivity index (χ1v) is 18.4. The summed E-state index contributed by atoms with van der Waals surface area (Å²) in [6.07, 6.45) is -0.740. The largest absolute Gasteiger partial charge is 0.397 e. The monoisotopic (exact) mass is 712 g/mol. The molecule has 4 aromatic carbocycles. The zero-order chi connectivity index (χ0) is 38.0. The highest BCUT2D eigenvalue weighted by Crippen LogP contribution is 2.53. The van der Waals surface area contributed by atoms with Gasteiger partial charge in [-0.15, -0.1) is 0 Å². The van der Waals surface area contributed by atoms with Crippen molar-refractivity contribution >= 4 is 31.6 Å². The molecule has 258 valence electrons. The van der Waals surface area contributed by atoms with Crippen LogP contribution in [0.2, 0.25) is 2.82 Å². The van der Waals surface area contributed by atoms with Gasteiger partial charge >= 0.3 is 0 Å². The highest BCUT2D eigenvalue weighted by molar-refractivity contribution is 7.87. The number of nitrogens with two attached hydrogens (primary N) is 2. The van der Waals surface area contributed by atoms with Gasteiger partial charge in [0.15, 0.2) is 9.49 Å². The van der Waals surface area contributed by atoms with Gasteiger partial charge in [-0.2, -0.15) is 27.1 Å². The molecule has 2 atom stereocenters. The molecule has 2 aliphatic rings. The van der Waals surface area contributed by atoms with Crippen LogP contribution in [-0.2, 0) is 29.7 Å². The van der Waals surface area contributed by atoms with Crippen LogP contribution in [0.25, 0.3) is 22.5 Å². The molecular formula is C36H36N6O6S2. The van der Waals surface area contributed by atoms with Crippen LogP contribution in [0.5, 0.6) is 0 Å². The molecule has 0 bridgehead atoms. The van der Waals surface area contributed by atoms with Crippen LogP contribution in [0.3, 0.4) is 0 Å². The molecule has 0 spiro atoms. The van der Waals surface area contributed by atoms with Gasteiger partial charge in [0.05, 0.1) is 22.8 Å². The third kappa shape index (κ3) is 4.85. The molecule has 50 heavy (non-hydrogen) atoms. The Hall–Kier alpha value is -5.02. The Morgan fingerprint density at radius 2 is 0.960 bits per heavy atom. The van der Waals surface area contributed by atoms with Crippen LogP contribution in [0.1, 0.15) is 68.5 Å². The van der Waals surface area contributed by atoms with E-state index in [2.05, 4.69) is 21.3 Å². The number of rotatable bonds is 7. The fourth-order valence-corrected chi connectivity index (χ4v) is 10.9. The van der Waals surface area contributed by atoms with Gasteiger partial charge in [-0.25, -0.2) is 11.0 Å². The van der Waals surface area contributed by atoms with Crippen molar-refractivity contribution in [2.45, 2.75) is 50.0 Å². The molecule has 4 aromatic rings. The van der Waals surface area contributed by atoms with Gasteiger partial charge in [-0.3, -0.25) is 9.11 Å². The second-order valence-corrected chi connectivity index (χ2v) is 16.2. The van der Waals surface area contributed by atoms with E-state index in [9.17, 15) is 25.9 Å². The maximum atomic E-state index is 13.6. The zero-order valence-electron chi connectivity index (χ0n) is 29.6. The van der Waals surface area contributed by atoms with E-state index >= 15 is 0 Å². The van der Waals surface area contributed by atoms with Gasteiger partial charge in [-0.05, 0) is 83.3 Å². The summed E-state index contributed by atoms with van der Waals surface area (Å²) < 4.78 is 87.2. The van der Waals surface area contributed by atoms with Crippen LogP contribution >= 0.6 is 0 Å². The normalized spacial score (nSPS) is 21.7. The van der Waals surface area contributed by atoms with E-state index in [1.807, 2.05) is 0 Å². The molecule has 12 nitrogen and oxygen atoms in total. The lowest BCUT2D eigenvalue weighted by Gasteiger charge is -2.39. The Morgan fingerprint density at radius 3 is 1.26 bits per heavy atom. The fourth-order valence-electron chi connectivity index (χ4n) is 8.18. The molecule has 0 radical (unpaired) electrons. The molecule has 2 aliphatic carbocycles. The van der Waals surface area contributed by atoms with Gasteiger partial charge in [-0.1, -0.05) is 72.8 Å². The molecule has 6 rings (SSSR count). The lowest BCUT2D eigenvalue weighted by Crippen LogP contribution is -2.42. The number of hydrogen-bond acceptors (Lipinski definition) is 10. The number of nitrogens with one attached hydrogen (secondary N) is 2. The molecule has 0 aliphatic heterocycles. The first-order chi connectivity index (χ1) is 24.4. The van der Waals surface area contributed by atoms with Crippen molar-refractivity contribution in [1.82, 2.24) is 0 Å². The molecule has 14 heteroatoms. The Kier molecular flexibility index (Phi) is 7.60. The van der Waals surface area contributed by atoms with Gasteiger partial charge < -0.3 is 11.5 Å². The van der Waals surface area contributed by atoms with E-state index in [0.717, 1.165) is 0 Å². The molecule has 2 unspecified atom stereocenters. The number of hydrogen-bond donors (Lipinski definition) is 6. The molecule has 0 amide bonds. The smallest absolute Gasteiger partial charge is 0.279 e. The van der Waals surface area contributed by atoms with E-state index < -0.39 is 29.7 Å². The molecule has 0 aromatic heterocycles. The molecule has 8 N–H and O–H groups in total. The van der Waals surface area contributed by atoms with E-state index in [4.69, 9.17) is 14.3 Å². The Morgan fingerprint density at radius 1 is 0.640 bits per heavy atom. The minimum absolute atomic E-state index is 0.0389. The first kappa shape index (κ1) is 32.2. The van der Waals surface area contributed by atoms with E-state index in [1.165, 1.54) is 0 Å². The van der Waals surface area contributed by atoms with Crippen LogP contribution < -0.4 is 11.5 Å². The predicted molar refractivity (Wildman–Crippen MR) is 190 cm³/mol. The average Bonchev–Trinajstić information content (AvgIpc) is 3.07. The van der Waals surface area contributed by atoms with Crippen molar-refractivity contribution in [1.29, 1.82) is 11.0 Å². The first-order valence-electron chi connectivity index (χ1n) is 16.4. The van der Waals surface area contributed by atoms with E-state index in [1.54, 1.807) is 100 Å². The Bertz CT molecular complexity index is 2310. The molecule has 0 heterocycles. The number of nitrogens with zero attached hydrogens (tertiary/aromatic N) is 2. The van der Waals surface area contributed by atoms with Gasteiger partial charge in [0.1, 0.15) is 0 Å². The topological polar surface area (TPSA) is 233 Å². The zero-order valence-corrected chi connectivity index (χ0v) is 29.3. The summed E-state index contributed by atoms with van der Waals surface area (Å²) in [6.45, 7) is 6.92. The molecule has 0 saturated heterocycles. The molecule has 0 saturated carbocycles. The number of benzene rings is 4. The minimum Gasteiger partial charge on any atom is -0.397 e. The third-order valence-electron chi connectivity index (χ3n) is 10.1. The van der Waals surface area contributed by atoms with Gasteiger partial charge in [0, 0.05) is 24.0 Å². The van der Waals surface area contributed by atoms with Gasteiger partial charge in [0.25, 0.3) is 20.2 Å². The highest BCUT2D eigenvalue weighted by atomic mass is 32.2. The summed E-state index contributed by atoms with van der Waals surface area (Å²) in [5.41, 5.74) is 24.6. The van der Waals surface area contributed by atoms with Crippen molar-refractivity contribution in [3.8, 4) is 11.1 Å². The van der Waals surface area contributed by atoms with E-state index in [0.29, 0.717) is 55.6 Å². The highest BCUT2D eigenvalue weighted by Gasteiger charge is 2.54. The lowest BCUT2D eigenvalue weighted by atomic mass is 9.74. The Balaban J connectivity index is 1.57. The van der Waals surface area contributed by atoms with Crippen molar-refractivity contribution < 1.29 is 28.8 Å². The Labute approximate surface area is 293 Å². The van der Waals surface area contributed by atoms with Crippen LogP contribution in [0, 0.1) is 38.7 Å². The maximum absolute atomic E-state index is 13.6. The molecular weight excluding hydrogens is 677 g/mol. The quantitative estimate of drug-likeness (QED) is 0.0862. The van der Waals surface area contributed by atoms with Crippen molar-refractivity contribution in [3.05, 3.63) is 140 Å². The SMILES string of the molecule is [H]/N=N/C1=C(N)c2ccccc2C(c2c(C)cc(-c3cc(C)c(C4(S(=O)(=O)O)CC(/N=N/[H])=C(N)c5ccccc54)c(C)c3)cc2C)(S(=O)(=O)O)C1. The van der Waals surface area contributed by atoms with Crippen LogP contribution in [-0.4, -0.2) is 25.9 Å². The summed E-state index contributed by atoms with van der Waals surface area (Å²) in [5, 5.41) is 7.65. The lowest BCUT2D eigenvalue weighted by molar-refractivity contribution is 0.438. The summed E-state index contributed by atoms with van der Waals surface area (Å²) in [7, 11) is -9.82. The maximum Gasteiger partial charge on any atom is 0.279 e. The third-order valence-corrected chi connectivity index (χ3v) is 13.0. The standard InChI is InChI=1S/C36H36N6O6S2/c1-19-13-23(14-20(2)31(19)35(49(43,44)45)17-29(41-39)33(37)25-9-5-7-11-27(25)35)24-15-21(3)32(22(4)16-24)36(50(46,47)48)18-30(42-40)34(38)26-10-6-8-12-28(26)36/h5-16,39-40H,17-18,37-38H2,1-4H3,(H,43,44,45)(H,46,47,48)/b41-39+,42-40+. The van der Waals surface area contributed by atoms with Gasteiger partial charge in [0.2, 0.25) is 2.82 Å². The van der Waals surface area contributed by atoms with E-state index in [-0.39, 0.29) is 46.8 Å². The summed E-state index contributed by atoms with van der Waals surface area (Å²) in [5.74, 6) is 0. The second-order valence-electron chi connectivity index (χ2n) is 12.9. The summed E-state index contributed by atoms with van der Waals surface area (Å²) >= 11 is 0. The summed E-state index contributed by atoms with van der Waals surface area (Å²) in [4.78, 5) is 0. The second kappa shape index (κ2) is 11.8. The molecule has 0 fully saturated rings. The fraction of sp³-hybridized carbons (Fsp3) is 0.222. The minimum atomic E-state index is -4.91. The van der Waals surface area contributed by atoms with Crippen LogP contribution in [0.4, 0.5) is 0 Å². The van der Waals surface area contributed by atoms with Crippen molar-refractivity contribution in [2.75, 3.05) is 0 Å². The number of fused-ring (bicyclic) bond motifs is 2. The van der Waals surface area contributed by atoms with Crippen molar-refractivity contribution in [3.63, 3.8) is 0 Å². The number of allylic oxidation sites excluding steroid dienone is 2. The summed E-state index contributed by atoms with van der Waals surface area (Å²) in [6, 6.07) is 20.2. The predicted octanol–water partition coefficient (Wildman–Crippen LogP) is 6.97.